The zero-order valence-corrected chi connectivity index (χ0v) is 13.8. The molecule has 0 bridgehead atoms. The van der Waals surface area contributed by atoms with Gasteiger partial charge in [0.15, 0.2) is 0 Å². The van der Waals surface area contributed by atoms with Crippen molar-refractivity contribution in [3.05, 3.63) is 21.3 Å². The molecule has 0 aliphatic carbocycles. The summed E-state index contributed by atoms with van der Waals surface area (Å²) in [7, 11) is -3.33. The summed E-state index contributed by atoms with van der Waals surface area (Å²) in [6.45, 7) is 6.87. The third-order valence-corrected chi connectivity index (χ3v) is 6.07. The standard InChI is InChI=1S/C12H21ClN2O2S2/c1-4-7-14-8-9(2)19(16,17)15-10(3)11-5-6-12(13)18-11/h5-6,9-10,14-15H,4,7-8H2,1-3H3. The third kappa shape index (κ3) is 5.39. The second-order valence-corrected chi connectivity index (χ2v) is 8.42. The lowest BCUT2D eigenvalue weighted by Gasteiger charge is -2.18. The highest BCUT2D eigenvalue weighted by Crippen LogP contribution is 2.27. The van der Waals surface area contributed by atoms with E-state index in [2.05, 4.69) is 10.0 Å². The smallest absolute Gasteiger partial charge is 0.216 e. The Balaban J connectivity index is 2.58. The summed E-state index contributed by atoms with van der Waals surface area (Å²) in [4.78, 5) is 0.919. The van der Waals surface area contributed by atoms with Crippen molar-refractivity contribution in [1.82, 2.24) is 10.0 Å². The molecule has 0 saturated heterocycles. The van der Waals surface area contributed by atoms with E-state index in [0.29, 0.717) is 10.9 Å². The molecule has 0 amide bonds. The first-order chi connectivity index (χ1) is 8.86. The summed E-state index contributed by atoms with van der Waals surface area (Å²) >= 11 is 7.25. The van der Waals surface area contributed by atoms with E-state index in [0.717, 1.165) is 17.8 Å². The molecule has 1 heterocycles. The minimum absolute atomic E-state index is 0.254. The van der Waals surface area contributed by atoms with Crippen LogP contribution in [0.2, 0.25) is 4.34 Å². The largest absolute Gasteiger partial charge is 0.315 e. The van der Waals surface area contributed by atoms with Gasteiger partial charge in [0, 0.05) is 11.4 Å². The van der Waals surface area contributed by atoms with Crippen LogP contribution in [-0.4, -0.2) is 26.8 Å². The van der Waals surface area contributed by atoms with Gasteiger partial charge >= 0.3 is 0 Å². The minimum Gasteiger partial charge on any atom is -0.315 e. The number of rotatable bonds is 8. The molecule has 0 radical (unpaired) electrons. The average molecular weight is 325 g/mol. The van der Waals surface area contributed by atoms with Crippen molar-refractivity contribution in [3.63, 3.8) is 0 Å². The van der Waals surface area contributed by atoms with Gasteiger partial charge in [0.05, 0.1) is 15.6 Å². The van der Waals surface area contributed by atoms with Gasteiger partial charge in [-0.2, -0.15) is 0 Å². The molecule has 2 unspecified atom stereocenters. The summed E-state index contributed by atoms with van der Waals surface area (Å²) in [5.41, 5.74) is 0. The van der Waals surface area contributed by atoms with Crippen LogP contribution in [0.25, 0.3) is 0 Å². The molecule has 0 aliphatic heterocycles. The molecular weight excluding hydrogens is 304 g/mol. The van der Waals surface area contributed by atoms with E-state index in [1.807, 2.05) is 19.9 Å². The van der Waals surface area contributed by atoms with Gasteiger partial charge in [0.25, 0.3) is 0 Å². The van der Waals surface area contributed by atoms with Crippen LogP contribution < -0.4 is 10.0 Å². The van der Waals surface area contributed by atoms with Gasteiger partial charge < -0.3 is 5.32 Å². The Kier molecular flexibility index (Phi) is 6.76. The summed E-state index contributed by atoms with van der Waals surface area (Å²) < 4.78 is 27.6. The number of sulfonamides is 1. The van der Waals surface area contributed by atoms with Crippen molar-refractivity contribution < 1.29 is 8.42 Å². The number of hydrogen-bond acceptors (Lipinski definition) is 4. The molecule has 0 saturated carbocycles. The van der Waals surface area contributed by atoms with Crippen LogP contribution in [0.1, 0.15) is 38.1 Å². The molecule has 7 heteroatoms. The second kappa shape index (κ2) is 7.59. The van der Waals surface area contributed by atoms with Crippen LogP contribution >= 0.6 is 22.9 Å². The Morgan fingerprint density at radius 1 is 1.37 bits per heavy atom. The van der Waals surface area contributed by atoms with Gasteiger partial charge in [-0.1, -0.05) is 18.5 Å². The molecule has 0 aliphatic rings. The summed E-state index contributed by atoms with van der Waals surface area (Å²) in [6.07, 6.45) is 0.990. The van der Waals surface area contributed by atoms with Gasteiger partial charge in [-0.3, -0.25) is 0 Å². The fourth-order valence-electron chi connectivity index (χ4n) is 1.57. The van der Waals surface area contributed by atoms with E-state index in [-0.39, 0.29) is 6.04 Å². The maximum atomic E-state index is 12.1. The number of thiophene rings is 1. The summed E-state index contributed by atoms with van der Waals surface area (Å²) in [5.74, 6) is 0. The first-order valence-corrected chi connectivity index (χ1v) is 9.08. The normalized spacial score (nSPS) is 15.4. The van der Waals surface area contributed by atoms with E-state index in [4.69, 9.17) is 11.6 Å². The van der Waals surface area contributed by atoms with Crippen molar-refractivity contribution >= 4 is 33.0 Å². The molecule has 110 valence electrons. The van der Waals surface area contributed by atoms with E-state index >= 15 is 0 Å². The fraction of sp³-hybridized carbons (Fsp3) is 0.667. The fourth-order valence-corrected chi connectivity index (χ4v) is 3.90. The first-order valence-electron chi connectivity index (χ1n) is 6.34. The zero-order chi connectivity index (χ0) is 14.5. The van der Waals surface area contributed by atoms with E-state index in [9.17, 15) is 8.42 Å². The Labute approximate surface area is 124 Å². The van der Waals surface area contributed by atoms with Crippen LogP contribution in [0.5, 0.6) is 0 Å². The van der Waals surface area contributed by atoms with Gasteiger partial charge in [-0.05, 0) is 38.9 Å². The SMILES string of the molecule is CCCNCC(C)S(=O)(=O)NC(C)c1ccc(Cl)s1. The van der Waals surface area contributed by atoms with Crippen LogP contribution in [0, 0.1) is 0 Å². The lowest BCUT2D eigenvalue weighted by Crippen LogP contribution is -2.40. The van der Waals surface area contributed by atoms with E-state index in [1.165, 1.54) is 11.3 Å². The van der Waals surface area contributed by atoms with Crippen molar-refractivity contribution in [1.29, 1.82) is 0 Å². The van der Waals surface area contributed by atoms with Crippen molar-refractivity contribution in [3.8, 4) is 0 Å². The minimum atomic E-state index is -3.33. The highest BCUT2D eigenvalue weighted by Gasteiger charge is 2.23. The van der Waals surface area contributed by atoms with Gasteiger partial charge in [0.2, 0.25) is 10.0 Å². The van der Waals surface area contributed by atoms with Crippen molar-refractivity contribution in [2.45, 2.75) is 38.5 Å². The van der Waals surface area contributed by atoms with Crippen molar-refractivity contribution in [2.24, 2.45) is 0 Å². The predicted octanol–water partition coefficient (Wildman–Crippen LogP) is 2.77. The van der Waals surface area contributed by atoms with Crippen LogP contribution in [0.4, 0.5) is 0 Å². The van der Waals surface area contributed by atoms with Crippen molar-refractivity contribution in [2.75, 3.05) is 13.1 Å². The number of hydrogen-bond donors (Lipinski definition) is 2. The van der Waals surface area contributed by atoms with E-state index < -0.39 is 15.3 Å². The molecular formula is C12H21ClN2O2S2. The predicted molar refractivity (Wildman–Crippen MR) is 82.4 cm³/mol. The molecule has 0 aromatic carbocycles. The Bertz CT molecular complexity index is 488. The average Bonchev–Trinajstić information content (AvgIpc) is 2.75. The van der Waals surface area contributed by atoms with Gasteiger partial charge in [-0.25, -0.2) is 13.1 Å². The van der Waals surface area contributed by atoms with E-state index in [1.54, 1.807) is 13.0 Å². The molecule has 19 heavy (non-hydrogen) atoms. The molecule has 1 rings (SSSR count). The summed E-state index contributed by atoms with van der Waals surface area (Å²) in [6, 6.07) is 3.37. The second-order valence-electron chi connectivity index (χ2n) is 4.54. The molecule has 2 N–H and O–H groups in total. The zero-order valence-electron chi connectivity index (χ0n) is 11.4. The molecule has 4 nitrogen and oxygen atoms in total. The lowest BCUT2D eigenvalue weighted by atomic mass is 10.3. The first kappa shape index (κ1) is 16.9. The highest BCUT2D eigenvalue weighted by molar-refractivity contribution is 7.90. The number of nitrogens with one attached hydrogen (secondary N) is 2. The Morgan fingerprint density at radius 3 is 2.58 bits per heavy atom. The van der Waals surface area contributed by atoms with Gasteiger partial charge in [0.1, 0.15) is 0 Å². The highest BCUT2D eigenvalue weighted by atomic mass is 35.5. The maximum Gasteiger partial charge on any atom is 0.216 e. The molecule has 0 fully saturated rings. The molecule has 1 aromatic heterocycles. The maximum absolute atomic E-state index is 12.1. The van der Waals surface area contributed by atoms with Crippen LogP contribution in [0.3, 0.4) is 0 Å². The van der Waals surface area contributed by atoms with Crippen LogP contribution in [0.15, 0.2) is 12.1 Å². The lowest BCUT2D eigenvalue weighted by molar-refractivity contribution is 0.546. The molecule has 1 aromatic rings. The molecule has 0 spiro atoms. The monoisotopic (exact) mass is 324 g/mol. The summed E-state index contributed by atoms with van der Waals surface area (Å²) in [5, 5.41) is 2.66. The molecule has 2 atom stereocenters. The topological polar surface area (TPSA) is 58.2 Å². The Morgan fingerprint density at radius 2 is 2.05 bits per heavy atom. The van der Waals surface area contributed by atoms with Crippen LogP contribution in [-0.2, 0) is 10.0 Å². The quantitative estimate of drug-likeness (QED) is 0.723. The Hall–Kier alpha value is -0.140. The number of halogens is 1. The third-order valence-electron chi connectivity index (χ3n) is 2.75. The van der Waals surface area contributed by atoms with Gasteiger partial charge in [-0.15, -0.1) is 11.3 Å².